The average molecular weight is 366 g/mol. The molecular formula is C20H18N2O5. The Morgan fingerprint density at radius 3 is 2.74 bits per heavy atom. The Bertz CT molecular complexity index is 1000. The molecule has 0 radical (unpaired) electrons. The lowest BCUT2D eigenvalue weighted by Gasteiger charge is -2.31. The number of benzene rings is 1. The number of carbonyl (C=O) groups excluding carboxylic acids is 2. The summed E-state index contributed by atoms with van der Waals surface area (Å²) in [4.78, 5) is 26.6. The van der Waals surface area contributed by atoms with Crippen LogP contribution < -0.4 is 5.73 Å². The van der Waals surface area contributed by atoms with Gasteiger partial charge in [-0.25, -0.2) is 4.79 Å². The summed E-state index contributed by atoms with van der Waals surface area (Å²) in [5.74, 6) is -2.89. The fourth-order valence-corrected chi connectivity index (χ4v) is 4.17. The predicted octanol–water partition coefficient (Wildman–Crippen LogP) is 2.39. The molecule has 1 aliphatic carbocycles. The summed E-state index contributed by atoms with van der Waals surface area (Å²) in [7, 11) is 0. The van der Waals surface area contributed by atoms with Crippen LogP contribution in [0.5, 0.6) is 0 Å². The number of ether oxygens (including phenoxy) is 3. The van der Waals surface area contributed by atoms with Gasteiger partial charge in [-0.2, -0.15) is 5.26 Å². The van der Waals surface area contributed by atoms with Crippen LogP contribution in [0.4, 0.5) is 0 Å². The molecule has 7 heteroatoms. The number of nitrogens with zero attached hydrogens (tertiary/aromatic N) is 1. The van der Waals surface area contributed by atoms with Crippen molar-refractivity contribution in [1.29, 1.82) is 5.26 Å². The zero-order valence-electron chi connectivity index (χ0n) is 15.2. The fourth-order valence-electron chi connectivity index (χ4n) is 4.17. The Morgan fingerprint density at radius 1 is 1.37 bits per heavy atom. The van der Waals surface area contributed by atoms with Gasteiger partial charge in [-0.1, -0.05) is 31.2 Å². The van der Waals surface area contributed by atoms with Crippen LogP contribution in [-0.4, -0.2) is 17.9 Å². The number of Topliss-reactive ketones (excluding diaryl/α,β-unsaturated/α-hetero) is 1. The van der Waals surface area contributed by atoms with Crippen molar-refractivity contribution in [2.24, 2.45) is 11.1 Å². The number of rotatable bonds is 3. The molecule has 2 aliphatic heterocycles. The topological polar surface area (TPSA) is 112 Å². The lowest BCUT2D eigenvalue weighted by molar-refractivity contribution is -0.199. The van der Waals surface area contributed by atoms with Crippen molar-refractivity contribution in [3.63, 3.8) is 0 Å². The summed E-state index contributed by atoms with van der Waals surface area (Å²) in [5.41, 5.74) is 4.77. The first-order valence-electron chi connectivity index (χ1n) is 8.70. The molecule has 0 saturated heterocycles. The van der Waals surface area contributed by atoms with Crippen molar-refractivity contribution < 1.29 is 23.8 Å². The molecule has 1 aromatic carbocycles. The van der Waals surface area contributed by atoms with Gasteiger partial charge in [0.25, 0.3) is 0 Å². The molecule has 2 N–H and O–H groups in total. The molecule has 0 unspecified atom stereocenters. The van der Waals surface area contributed by atoms with Gasteiger partial charge in [0, 0.05) is 11.1 Å². The maximum absolute atomic E-state index is 13.6. The zero-order valence-corrected chi connectivity index (χ0v) is 15.2. The lowest BCUT2D eigenvalue weighted by Crippen LogP contribution is -2.45. The molecule has 7 nitrogen and oxygen atoms in total. The van der Waals surface area contributed by atoms with Crippen LogP contribution in [0, 0.1) is 16.7 Å². The summed E-state index contributed by atoms with van der Waals surface area (Å²) in [6, 6.07) is 8.70. The van der Waals surface area contributed by atoms with Crippen LogP contribution in [0.1, 0.15) is 43.1 Å². The first-order chi connectivity index (χ1) is 12.8. The van der Waals surface area contributed by atoms with Gasteiger partial charge < -0.3 is 19.9 Å². The molecule has 2 heterocycles. The summed E-state index contributed by atoms with van der Waals surface area (Å²) < 4.78 is 17.3. The van der Waals surface area contributed by atoms with Gasteiger partial charge in [0.15, 0.2) is 11.2 Å². The largest absolute Gasteiger partial charge is 0.459 e. The summed E-state index contributed by atoms with van der Waals surface area (Å²) in [5, 5.41) is 9.78. The van der Waals surface area contributed by atoms with E-state index in [4.69, 9.17) is 19.9 Å². The van der Waals surface area contributed by atoms with Crippen LogP contribution in [0.2, 0.25) is 0 Å². The first-order valence-corrected chi connectivity index (χ1v) is 8.70. The Labute approximate surface area is 156 Å². The molecule has 0 bridgehead atoms. The molecule has 1 aromatic rings. The van der Waals surface area contributed by atoms with E-state index in [0.717, 1.165) is 0 Å². The number of hydrogen-bond acceptors (Lipinski definition) is 7. The molecule has 3 aliphatic rings. The second kappa shape index (κ2) is 5.36. The summed E-state index contributed by atoms with van der Waals surface area (Å²) in [6.07, 6.45) is 0.238. The lowest BCUT2D eigenvalue weighted by atomic mass is 9.69. The van der Waals surface area contributed by atoms with Crippen molar-refractivity contribution in [2.75, 3.05) is 0 Å². The van der Waals surface area contributed by atoms with Crippen LogP contribution >= 0.6 is 0 Å². The predicted molar refractivity (Wildman–Crippen MR) is 92.4 cm³/mol. The van der Waals surface area contributed by atoms with E-state index in [1.54, 1.807) is 38.1 Å². The molecule has 4 rings (SSSR count). The zero-order chi connectivity index (χ0) is 19.6. The molecular weight excluding hydrogens is 348 g/mol. The van der Waals surface area contributed by atoms with Crippen molar-refractivity contribution in [2.45, 2.75) is 39.1 Å². The van der Waals surface area contributed by atoms with Gasteiger partial charge in [-0.15, -0.1) is 0 Å². The van der Waals surface area contributed by atoms with E-state index < -0.39 is 23.0 Å². The minimum absolute atomic E-state index is 0.0269. The summed E-state index contributed by atoms with van der Waals surface area (Å²) >= 11 is 0. The number of fused-ring (bicyclic) bond motifs is 1. The molecule has 0 fully saturated rings. The molecule has 0 amide bonds. The smallest absolute Gasteiger partial charge is 0.339 e. The number of carbonyl (C=O) groups is 2. The fraction of sp³-hybridized carbons (Fsp3) is 0.350. The first kappa shape index (κ1) is 17.2. The van der Waals surface area contributed by atoms with Crippen molar-refractivity contribution in [3.8, 4) is 6.07 Å². The normalized spacial score (nSPS) is 28.7. The van der Waals surface area contributed by atoms with E-state index in [1.165, 1.54) is 0 Å². The Morgan fingerprint density at radius 2 is 2.07 bits per heavy atom. The highest BCUT2D eigenvalue weighted by molar-refractivity contribution is 6.16. The Balaban J connectivity index is 2.00. The van der Waals surface area contributed by atoms with Gasteiger partial charge in [0.05, 0.1) is 6.10 Å². The van der Waals surface area contributed by atoms with Crippen molar-refractivity contribution >= 4 is 11.8 Å². The van der Waals surface area contributed by atoms with Gasteiger partial charge >= 0.3 is 11.8 Å². The van der Waals surface area contributed by atoms with E-state index in [0.29, 0.717) is 17.5 Å². The maximum atomic E-state index is 13.6. The number of ketones is 1. The van der Waals surface area contributed by atoms with Crippen molar-refractivity contribution in [1.82, 2.24) is 0 Å². The number of allylic oxidation sites excluding steroid dienone is 1. The van der Waals surface area contributed by atoms with Crippen LogP contribution in [0.15, 0.2) is 47.1 Å². The molecule has 138 valence electrons. The third-order valence-electron chi connectivity index (χ3n) is 5.46. The minimum Gasteiger partial charge on any atom is -0.459 e. The molecule has 3 atom stereocenters. The second-order valence-corrected chi connectivity index (χ2v) is 6.85. The van der Waals surface area contributed by atoms with Crippen molar-refractivity contribution in [3.05, 3.63) is 58.2 Å². The number of esters is 1. The third-order valence-corrected chi connectivity index (χ3v) is 5.46. The molecule has 0 saturated carbocycles. The monoisotopic (exact) mass is 366 g/mol. The number of nitriles is 1. The number of hydrogen-bond donors (Lipinski definition) is 1. The summed E-state index contributed by atoms with van der Waals surface area (Å²) in [6.45, 7) is 5.19. The Hall–Kier alpha value is -3.27. The van der Waals surface area contributed by atoms with Gasteiger partial charge in [-0.3, -0.25) is 4.79 Å². The van der Waals surface area contributed by atoms with E-state index in [1.807, 2.05) is 13.0 Å². The minimum atomic E-state index is -1.79. The quantitative estimate of drug-likeness (QED) is 0.817. The molecule has 0 aromatic heterocycles. The Kier molecular flexibility index (Phi) is 3.41. The highest BCUT2D eigenvalue weighted by Gasteiger charge is 2.80. The SMILES string of the molecule is CC[C@H](C)OC(=O)C1=C(C)O[C@]23OC(N)=C(C#N)[C@]12C(=O)c1ccccc13. The standard InChI is InChI=1S/C20H18N2O5/c1-4-10(2)25-18(24)15-11(3)26-20-13-8-6-5-7-12(13)16(23)19(15,20)14(9-21)17(22)27-20/h5-8,10H,4,22H2,1-3H3/t10-,19+,20+/m0/s1. The molecule has 27 heavy (non-hydrogen) atoms. The van der Waals surface area contributed by atoms with E-state index >= 15 is 0 Å². The van der Waals surface area contributed by atoms with E-state index in [2.05, 4.69) is 0 Å². The number of nitrogens with two attached hydrogens (primary N) is 1. The van der Waals surface area contributed by atoms with Gasteiger partial charge in [-0.05, 0) is 20.3 Å². The highest BCUT2D eigenvalue weighted by atomic mass is 16.7. The second-order valence-electron chi connectivity index (χ2n) is 6.85. The van der Waals surface area contributed by atoms with E-state index in [-0.39, 0.29) is 28.9 Å². The van der Waals surface area contributed by atoms with Crippen LogP contribution in [0.25, 0.3) is 0 Å². The van der Waals surface area contributed by atoms with Crippen LogP contribution in [-0.2, 0) is 24.8 Å². The maximum Gasteiger partial charge on any atom is 0.339 e. The van der Waals surface area contributed by atoms with E-state index in [9.17, 15) is 14.9 Å². The van der Waals surface area contributed by atoms with Gasteiger partial charge in [0.2, 0.25) is 5.88 Å². The van der Waals surface area contributed by atoms with Gasteiger partial charge in [0.1, 0.15) is 23.0 Å². The highest BCUT2D eigenvalue weighted by Crippen LogP contribution is 2.69. The molecule has 0 spiro atoms. The third kappa shape index (κ3) is 1.75. The van der Waals surface area contributed by atoms with Crippen LogP contribution in [0.3, 0.4) is 0 Å². The average Bonchev–Trinajstić information content (AvgIpc) is 3.11.